The lowest BCUT2D eigenvalue weighted by Gasteiger charge is -2.31. The second-order valence-electron chi connectivity index (χ2n) is 11.3. The molecule has 0 saturated carbocycles. The Morgan fingerprint density at radius 3 is 1.02 bits per heavy atom. The zero-order valence-electron chi connectivity index (χ0n) is 27.3. The average Bonchev–Trinajstić information content (AvgIpc) is 3.19. The Morgan fingerprint density at radius 2 is 0.720 bits per heavy atom. The topological polar surface area (TPSA) is 68.1 Å². The van der Waals surface area contributed by atoms with Gasteiger partial charge in [-0.25, -0.2) is 10.0 Å². The number of para-hydroxylation sites is 4. The number of benzene rings is 6. The number of rotatable bonds is 12. The molecule has 2 atom stereocenters. The molecule has 1 heterocycles. The molecule has 1 aliphatic rings. The van der Waals surface area contributed by atoms with Crippen molar-refractivity contribution in [3.63, 3.8) is 0 Å². The minimum absolute atomic E-state index is 0.402. The monoisotopic (exact) mass is 660 g/mol. The molecule has 0 N–H and O–H groups in total. The van der Waals surface area contributed by atoms with Gasteiger partial charge in [-0.2, -0.15) is 10.2 Å². The first-order valence-corrected chi connectivity index (χ1v) is 16.4. The molecule has 0 amide bonds. The van der Waals surface area contributed by atoms with Gasteiger partial charge in [-0.05, 0) is 108 Å². The number of hydrogen-bond donors (Lipinski definition) is 0. The van der Waals surface area contributed by atoms with Crippen LogP contribution in [-0.4, -0.2) is 38.2 Å². The van der Waals surface area contributed by atoms with Gasteiger partial charge in [0.1, 0.15) is 11.5 Å². The summed E-state index contributed by atoms with van der Waals surface area (Å²) in [6.45, 7) is 0.803. The summed E-state index contributed by atoms with van der Waals surface area (Å²) in [6.07, 6.45) is 2.15. The van der Waals surface area contributed by atoms with E-state index in [0.717, 1.165) is 33.9 Å². The van der Waals surface area contributed by atoms with E-state index >= 15 is 0 Å². The van der Waals surface area contributed by atoms with E-state index in [2.05, 4.69) is 0 Å². The van der Waals surface area contributed by atoms with Crippen LogP contribution in [0, 0.1) is 0 Å². The van der Waals surface area contributed by atoms with Crippen LogP contribution < -0.4 is 19.5 Å². The van der Waals surface area contributed by atoms with Crippen molar-refractivity contribution in [3.05, 3.63) is 181 Å². The molecular weight excluding hydrogens is 624 g/mol. The van der Waals surface area contributed by atoms with E-state index in [1.165, 1.54) is 0 Å². The van der Waals surface area contributed by atoms with Crippen LogP contribution in [0.15, 0.2) is 180 Å². The van der Waals surface area contributed by atoms with Gasteiger partial charge in [-0.15, -0.1) is 0 Å². The highest BCUT2D eigenvalue weighted by Gasteiger charge is 2.31. The number of anilines is 4. The molecule has 0 spiro atoms. The SMILES string of the molecule is C(=NN(c1ccccc1)c1ccccc1)c1ccc(OC2OCCOC2Oc2ccc(C=NN(c3ccccc3)c3ccccc3)cc2)cc1. The molecule has 248 valence electrons. The Labute approximate surface area is 292 Å². The third-order valence-corrected chi connectivity index (χ3v) is 7.78. The maximum absolute atomic E-state index is 6.18. The zero-order chi connectivity index (χ0) is 33.8. The molecule has 8 heteroatoms. The van der Waals surface area contributed by atoms with Crippen molar-refractivity contribution < 1.29 is 18.9 Å². The number of ether oxygens (including phenoxy) is 4. The lowest BCUT2D eigenvalue weighted by Crippen LogP contribution is -2.45. The van der Waals surface area contributed by atoms with Gasteiger partial charge in [-0.3, -0.25) is 0 Å². The molecule has 6 aromatic rings. The lowest BCUT2D eigenvalue weighted by molar-refractivity contribution is -0.271. The van der Waals surface area contributed by atoms with Crippen molar-refractivity contribution >= 4 is 35.2 Å². The Morgan fingerprint density at radius 1 is 0.420 bits per heavy atom. The van der Waals surface area contributed by atoms with Crippen LogP contribution in [0.5, 0.6) is 11.5 Å². The molecule has 1 aliphatic heterocycles. The van der Waals surface area contributed by atoms with Crippen molar-refractivity contribution in [2.75, 3.05) is 23.2 Å². The van der Waals surface area contributed by atoms with Crippen LogP contribution in [0.25, 0.3) is 0 Å². The van der Waals surface area contributed by atoms with Gasteiger partial charge in [0.25, 0.3) is 12.6 Å². The summed E-state index contributed by atoms with van der Waals surface area (Å²) in [7, 11) is 0. The van der Waals surface area contributed by atoms with Crippen LogP contribution >= 0.6 is 0 Å². The third-order valence-electron chi connectivity index (χ3n) is 7.78. The number of hydrogen-bond acceptors (Lipinski definition) is 8. The number of nitrogens with zero attached hydrogens (tertiary/aromatic N) is 4. The van der Waals surface area contributed by atoms with Crippen molar-refractivity contribution in [2.24, 2.45) is 10.2 Å². The van der Waals surface area contributed by atoms with E-state index in [9.17, 15) is 0 Å². The summed E-state index contributed by atoms with van der Waals surface area (Å²) in [4.78, 5) is 0. The lowest BCUT2D eigenvalue weighted by atomic mass is 10.2. The molecule has 1 fully saturated rings. The van der Waals surface area contributed by atoms with Gasteiger partial charge in [0.15, 0.2) is 0 Å². The highest BCUT2D eigenvalue weighted by Crippen LogP contribution is 2.27. The Hall–Kier alpha value is -6.22. The smallest absolute Gasteiger partial charge is 0.263 e. The second kappa shape index (κ2) is 16.3. The predicted molar refractivity (Wildman–Crippen MR) is 199 cm³/mol. The standard InChI is InChI=1S/C42H36N4O4/c1-5-13-35(14-6-1)45(36-15-7-2-8-16-36)43-31-33-21-25-39(26-22-33)49-41-42(48-30-29-47-41)50-40-27-23-34(24-28-40)32-44-46(37-17-9-3-10-18-37)38-19-11-4-12-20-38/h1-28,31-32,41-42H,29-30H2. The van der Waals surface area contributed by atoms with Crippen molar-refractivity contribution in [1.29, 1.82) is 0 Å². The minimum Gasteiger partial charge on any atom is -0.458 e. The van der Waals surface area contributed by atoms with E-state index < -0.39 is 12.6 Å². The van der Waals surface area contributed by atoms with Crippen LogP contribution in [0.1, 0.15) is 11.1 Å². The average molecular weight is 661 g/mol. The molecule has 8 nitrogen and oxygen atoms in total. The van der Waals surface area contributed by atoms with Gasteiger partial charge >= 0.3 is 0 Å². The zero-order valence-corrected chi connectivity index (χ0v) is 27.3. The van der Waals surface area contributed by atoms with Gasteiger partial charge < -0.3 is 18.9 Å². The molecule has 0 radical (unpaired) electrons. The van der Waals surface area contributed by atoms with E-state index in [1.54, 1.807) is 0 Å². The molecule has 50 heavy (non-hydrogen) atoms. The Bertz CT molecular complexity index is 1730. The summed E-state index contributed by atoms with van der Waals surface area (Å²) in [6, 6.07) is 55.5. The first-order valence-electron chi connectivity index (χ1n) is 16.4. The summed E-state index contributed by atoms with van der Waals surface area (Å²) < 4.78 is 24.2. The molecule has 2 unspecified atom stereocenters. The largest absolute Gasteiger partial charge is 0.458 e. The van der Waals surface area contributed by atoms with E-state index in [0.29, 0.717) is 24.7 Å². The van der Waals surface area contributed by atoms with E-state index in [4.69, 9.17) is 29.2 Å². The van der Waals surface area contributed by atoms with Crippen molar-refractivity contribution in [3.8, 4) is 11.5 Å². The van der Waals surface area contributed by atoms with Crippen molar-refractivity contribution in [2.45, 2.75) is 12.6 Å². The van der Waals surface area contributed by atoms with Gasteiger partial charge in [0.2, 0.25) is 0 Å². The van der Waals surface area contributed by atoms with Crippen LogP contribution in [0.2, 0.25) is 0 Å². The van der Waals surface area contributed by atoms with E-state index in [-0.39, 0.29) is 0 Å². The van der Waals surface area contributed by atoms with Gasteiger partial charge in [0.05, 0.1) is 48.4 Å². The maximum Gasteiger partial charge on any atom is 0.263 e. The predicted octanol–water partition coefficient (Wildman–Crippen LogP) is 9.19. The summed E-state index contributed by atoms with van der Waals surface area (Å²) in [5.41, 5.74) is 5.71. The first kappa shape index (κ1) is 32.3. The highest BCUT2D eigenvalue weighted by molar-refractivity contribution is 5.82. The van der Waals surface area contributed by atoms with Gasteiger partial charge in [-0.1, -0.05) is 72.8 Å². The fourth-order valence-corrected chi connectivity index (χ4v) is 5.29. The molecule has 0 aromatic heterocycles. The Balaban J connectivity index is 0.986. The third kappa shape index (κ3) is 8.43. The molecular formula is C42H36N4O4. The minimum atomic E-state index is -0.749. The fourth-order valence-electron chi connectivity index (χ4n) is 5.29. The van der Waals surface area contributed by atoms with Crippen LogP contribution in [-0.2, 0) is 9.47 Å². The van der Waals surface area contributed by atoms with E-state index in [1.807, 2.05) is 192 Å². The molecule has 0 aliphatic carbocycles. The molecule has 7 rings (SSSR count). The number of hydrazone groups is 2. The van der Waals surface area contributed by atoms with Gasteiger partial charge in [0, 0.05) is 0 Å². The first-order chi connectivity index (χ1) is 24.8. The van der Waals surface area contributed by atoms with Crippen molar-refractivity contribution in [1.82, 2.24) is 0 Å². The molecule has 6 aromatic carbocycles. The summed E-state index contributed by atoms with van der Waals surface area (Å²) in [5, 5.41) is 13.4. The summed E-state index contributed by atoms with van der Waals surface area (Å²) in [5.74, 6) is 1.25. The van der Waals surface area contributed by atoms with Crippen LogP contribution in [0.4, 0.5) is 22.7 Å². The normalized spacial score (nSPS) is 15.9. The quantitative estimate of drug-likeness (QED) is 0.0963. The highest BCUT2D eigenvalue weighted by atomic mass is 16.8. The molecule has 1 saturated heterocycles. The Kier molecular flexibility index (Phi) is 10.5. The fraction of sp³-hybridized carbons (Fsp3) is 0.0952. The second-order valence-corrected chi connectivity index (χ2v) is 11.3. The maximum atomic E-state index is 6.18. The summed E-state index contributed by atoms with van der Waals surface area (Å²) >= 11 is 0. The van der Waals surface area contributed by atoms with Crippen LogP contribution in [0.3, 0.4) is 0 Å². The molecule has 0 bridgehead atoms.